The highest BCUT2D eigenvalue weighted by molar-refractivity contribution is 7.99. The van der Waals surface area contributed by atoms with E-state index in [0.717, 1.165) is 25.7 Å². The SMILES string of the molecule is CCCCCCCOC(=O)CCSCCC(=O)OCCCCCCC. The molecule has 0 bridgehead atoms. The fraction of sp³-hybridized carbons (Fsp3) is 0.900. The van der Waals surface area contributed by atoms with Gasteiger partial charge in [-0.15, -0.1) is 0 Å². The summed E-state index contributed by atoms with van der Waals surface area (Å²) in [4.78, 5) is 23.1. The molecule has 0 aliphatic rings. The van der Waals surface area contributed by atoms with Gasteiger partial charge in [0, 0.05) is 11.5 Å². The Bertz CT molecular complexity index is 291. The number of rotatable bonds is 18. The van der Waals surface area contributed by atoms with Gasteiger partial charge in [-0.25, -0.2) is 0 Å². The van der Waals surface area contributed by atoms with E-state index in [1.54, 1.807) is 11.8 Å². The van der Waals surface area contributed by atoms with Gasteiger partial charge in [-0.1, -0.05) is 65.2 Å². The van der Waals surface area contributed by atoms with Crippen molar-refractivity contribution in [1.29, 1.82) is 0 Å². The molecule has 0 spiro atoms. The fourth-order valence-corrected chi connectivity index (χ4v) is 3.17. The summed E-state index contributed by atoms with van der Waals surface area (Å²) in [6, 6.07) is 0. The van der Waals surface area contributed by atoms with Crippen LogP contribution in [0.4, 0.5) is 0 Å². The van der Waals surface area contributed by atoms with Crippen LogP contribution in [0.15, 0.2) is 0 Å². The molecule has 0 unspecified atom stereocenters. The van der Waals surface area contributed by atoms with E-state index in [1.165, 1.54) is 38.5 Å². The van der Waals surface area contributed by atoms with Gasteiger partial charge in [0.05, 0.1) is 26.1 Å². The molecule has 5 heteroatoms. The lowest BCUT2D eigenvalue weighted by molar-refractivity contribution is -0.144. The number of carbonyl (C=O) groups is 2. The lowest BCUT2D eigenvalue weighted by Gasteiger charge is -2.06. The molecule has 0 heterocycles. The van der Waals surface area contributed by atoms with Crippen LogP contribution in [0.25, 0.3) is 0 Å². The number of hydrogen-bond donors (Lipinski definition) is 0. The van der Waals surface area contributed by atoms with E-state index in [9.17, 15) is 9.59 Å². The summed E-state index contributed by atoms with van der Waals surface area (Å²) in [5, 5.41) is 0. The molecular formula is C20H38O4S. The highest BCUT2D eigenvalue weighted by atomic mass is 32.2. The van der Waals surface area contributed by atoms with Crippen molar-refractivity contribution < 1.29 is 19.1 Å². The Kier molecular flexibility index (Phi) is 19.1. The minimum absolute atomic E-state index is 0.127. The molecule has 0 aromatic carbocycles. The third-order valence-electron chi connectivity index (χ3n) is 3.92. The van der Waals surface area contributed by atoms with Crippen LogP contribution in [0.5, 0.6) is 0 Å². The molecule has 0 saturated heterocycles. The van der Waals surface area contributed by atoms with Crippen LogP contribution in [-0.4, -0.2) is 36.7 Å². The highest BCUT2D eigenvalue weighted by Crippen LogP contribution is 2.08. The third-order valence-corrected chi connectivity index (χ3v) is 4.91. The summed E-state index contributed by atoms with van der Waals surface area (Å²) in [6.07, 6.45) is 12.4. The van der Waals surface area contributed by atoms with Gasteiger partial charge in [0.15, 0.2) is 0 Å². The molecule has 0 radical (unpaired) electrons. The first-order chi connectivity index (χ1) is 12.2. The lowest BCUT2D eigenvalue weighted by atomic mass is 10.2. The van der Waals surface area contributed by atoms with Gasteiger partial charge in [0.25, 0.3) is 0 Å². The predicted molar refractivity (Wildman–Crippen MR) is 106 cm³/mol. The molecule has 0 aromatic rings. The van der Waals surface area contributed by atoms with Gasteiger partial charge in [-0.05, 0) is 12.8 Å². The molecule has 0 rings (SSSR count). The number of esters is 2. The summed E-state index contributed by atoms with van der Waals surface area (Å²) in [5.74, 6) is 1.16. The van der Waals surface area contributed by atoms with Crippen LogP contribution in [0.1, 0.15) is 90.9 Å². The fourth-order valence-electron chi connectivity index (χ4n) is 2.34. The van der Waals surface area contributed by atoms with E-state index < -0.39 is 0 Å². The summed E-state index contributed by atoms with van der Waals surface area (Å²) in [7, 11) is 0. The number of ether oxygens (including phenoxy) is 2. The minimum atomic E-state index is -0.127. The van der Waals surface area contributed by atoms with Crippen molar-refractivity contribution in [2.45, 2.75) is 90.9 Å². The molecule has 0 N–H and O–H groups in total. The topological polar surface area (TPSA) is 52.6 Å². The second-order valence-electron chi connectivity index (χ2n) is 6.38. The van der Waals surface area contributed by atoms with Crippen molar-refractivity contribution in [2.24, 2.45) is 0 Å². The van der Waals surface area contributed by atoms with Gasteiger partial charge in [0.2, 0.25) is 0 Å². The van der Waals surface area contributed by atoms with E-state index in [-0.39, 0.29) is 11.9 Å². The standard InChI is InChI=1S/C20H38O4S/c1-3-5-7-9-11-15-23-19(21)13-17-25-18-14-20(22)24-16-12-10-8-6-4-2/h3-18H2,1-2H3. The van der Waals surface area contributed by atoms with Crippen LogP contribution < -0.4 is 0 Å². The average Bonchev–Trinajstić information content (AvgIpc) is 2.60. The third kappa shape index (κ3) is 19.5. The van der Waals surface area contributed by atoms with Crippen LogP contribution in [-0.2, 0) is 19.1 Å². The Balaban J connectivity index is 3.30. The zero-order valence-electron chi connectivity index (χ0n) is 16.4. The molecule has 25 heavy (non-hydrogen) atoms. The van der Waals surface area contributed by atoms with Gasteiger partial charge >= 0.3 is 11.9 Å². The molecule has 0 atom stereocenters. The summed E-state index contributed by atoms with van der Waals surface area (Å²) >= 11 is 1.61. The molecule has 0 amide bonds. The monoisotopic (exact) mass is 374 g/mol. The second kappa shape index (κ2) is 19.6. The molecule has 0 fully saturated rings. The Morgan fingerprint density at radius 2 is 1.04 bits per heavy atom. The Morgan fingerprint density at radius 3 is 1.44 bits per heavy atom. The minimum Gasteiger partial charge on any atom is -0.466 e. The molecule has 4 nitrogen and oxygen atoms in total. The van der Waals surface area contributed by atoms with Crippen LogP contribution >= 0.6 is 11.8 Å². The normalized spacial score (nSPS) is 10.6. The first-order valence-corrected chi connectivity index (χ1v) is 11.2. The highest BCUT2D eigenvalue weighted by Gasteiger charge is 2.05. The molecule has 0 aliphatic heterocycles. The van der Waals surface area contributed by atoms with E-state index >= 15 is 0 Å². The van der Waals surface area contributed by atoms with E-state index in [1.807, 2.05) is 0 Å². The van der Waals surface area contributed by atoms with Crippen LogP contribution in [0.2, 0.25) is 0 Å². The number of unbranched alkanes of at least 4 members (excludes halogenated alkanes) is 8. The van der Waals surface area contributed by atoms with Gasteiger partial charge in [-0.2, -0.15) is 11.8 Å². The Morgan fingerprint density at radius 1 is 0.640 bits per heavy atom. The quantitative estimate of drug-likeness (QED) is 0.233. The zero-order valence-corrected chi connectivity index (χ0v) is 17.2. The van der Waals surface area contributed by atoms with E-state index in [0.29, 0.717) is 37.6 Å². The largest absolute Gasteiger partial charge is 0.466 e. The predicted octanol–water partition coefficient (Wildman–Crippen LogP) is 5.53. The second-order valence-corrected chi connectivity index (χ2v) is 7.61. The van der Waals surface area contributed by atoms with Crippen molar-refractivity contribution >= 4 is 23.7 Å². The number of hydrogen-bond acceptors (Lipinski definition) is 5. The maximum absolute atomic E-state index is 11.6. The molecule has 0 aromatic heterocycles. The van der Waals surface area contributed by atoms with Crippen LogP contribution in [0, 0.1) is 0 Å². The molecule has 0 saturated carbocycles. The van der Waals surface area contributed by atoms with Gasteiger partial charge in [-0.3, -0.25) is 9.59 Å². The van der Waals surface area contributed by atoms with Crippen molar-refractivity contribution in [3.63, 3.8) is 0 Å². The van der Waals surface area contributed by atoms with Crippen LogP contribution in [0.3, 0.4) is 0 Å². The number of carbonyl (C=O) groups excluding carboxylic acids is 2. The van der Waals surface area contributed by atoms with E-state index in [2.05, 4.69) is 13.8 Å². The maximum atomic E-state index is 11.6. The number of thioether (sulfide) groups is 1. The smallest absolute Gasteiger partial charge is 0.306 e. The van der Waals surface area contributed by atoms with Gasteiger partial charge in [0.1, 0.15) is 0 Å². The maximum Gasteiger partial charge on any atom is 0.306 e. The molecular weight excluding hydrogens is 336 g/mol. The lowest BCUT2D eigenvalue weighted by Crippen LogP contribution is -2.09. The summed E-state index contributed by atoms with van der Waals surface area (Å²) in [5.41, 5.74) is 0. The Hall–Kier alpha value is -0.710. The average molecular weight is 375 g/mol. The molecule has 148 valence electrons. The molecule has 0 aliphatic carbocycles. The summed E-state index contributed by atoms with van der Waals surface area (Å²) < 4.78 is 10.4. The van der Waals surface area contributed by atoms with Crippen molar-refractivity contribution in [1.82, 2.24) is 0 Å². The van der Waals surface area contributed by atoms with Crippen molar-refractivity contribution in [2.75, 3.05) is 24.7 Å². The zero-order chi connectivity index (χ0) is 18.6. The first kappa shape index (κ1) is 24.3. The first-order valence-electron chi connectivity index (χ1n) is 10.1. The van der Waals surface area contributed by atoms with E-state index in [4.69, 9.17) is 9.47 Å². The Labute approximate surface area is 158 Å². The van der Waals surface area contributed by atoms with Crippen molar-refractivity contribution in [3.05, 3.63) is 0 Å². The van der Waals surface area contributed by atoms with Gasteiger partial charge < -0.3 is 9.47 Å². The van der Waals surface area contributed by atoms with Crippen molar-refractivity contribution in [3.8, 4) is 0 Å². The summed E-state index contributed by atoms with van der Waals surface area (Å²) in [6.45, 7) is 5.45.